The minimum Gasteiger partial charge on any atom is -0.300 e. The van der Waals surface area contributed by atoms with Crippen molar-refractivity contribution in [2.75, 3.05) is 25.0 Å². The third-order valence-electron chi connectivity index (χ3n) is 5.62. The topological polar surface area (TPSA) is 82.6 Å². The van der Waals surface area contributed by atoms with E-state index in [0.717, 1.165) is 41.0 Å². The van der Waals surface area contributed by atoms with Crippen LogP contribution in [0.2, 0.25) is 0 Å². The molecule has 1 aromatic heterocycles. The molecule has 3 amide bonds. The van der Waals surface area contributed by atoms with Crippen molar-refractivity contribution < 1.29 is 14.4 Å². The summed E-state index contributed by atoms with van der Waals surface area (Å²) >= 11 is 4.75. The minimum atomic E-state index is -0.457. The number of fused-ring (bicyclic) bond motifs is 1. The highest BCUT2D eigenvalue weighted by Crippen LogP contribution is 2.28. The molecule has 0 radical (unpaired) electrons. The molecule has 2 aromatic rings. The van der Waals surface area contributed by atoms with Gasteiger partial charge in [-0.25, -0.2) is 4.98 Å². The summed E-state index contributed by atoms with van der Waals surface area (Å²) < 4.78 is 0.711. The number of rotatable bonds is 5. The van der Waals surface area contributed by atoms with E-state index in [2.05, 4.69) is 38.1 Å². The van der Waals surface area contributed by atoms with Crippen LogP contribution in [-0.2, 0) is 11.3 Å². The summed E-state index contributed by atoms with van der Waals surface area (Å²) in [7, 11) is 0. The van der Waals surface area contributed by atoms with Crippen molar-refractivity contribution in [2.45, 2.75) is 33.2 Å². The number of aryl methyl sites for hydroxylation is 1. The number of amides is 3. The number of halogens is 1. The molecule has 7 nitrogen and oxygen atoms in total. The van der Waals surface area contributed by atoms with Crippen LogP contribution in [0.1, 0.15) is 51.1 Å². The SMILES string of the molecule is Cc1nc(NC(=O)CN2C(=O)c3ccc(Br)cc3C2=O)sc1CN1CCC(C)CC1. The second-order valence-electron chi connectivity index (χ2n) is 7.92. The molecular formula is C21H23BrN4O3S. The van der Waals surface area contributed by atoms with E-state index in [0.29, 0.717) is 20.7 Å². The van der Waals surface area contributed by atoms with Crippen molar-refractivity contribution in [3.8, 4) is 0 Å². The molecule has 0 aliphatic carbocycles. The molecule has 0 spiro atoms. The van der Waals surface area contributed by atoms with Crippen molar-refractivity contribution >= 4 is 50.1 Å². The third kappa shape index (κ3) is 4.33. The van der Waals surface area contributed by atoms with Crippen LogP contribution in [0.4, 0.5) is 5.13 Å². The predicted molar refractivity (Wildman–Crippen MR) is 119 cm³/mol. The average molecular weight is 491 g/mol. The van der Waals surface area contributed by atoms with Gasteiger partial charge in [0.15, 0.2) is 5.13 Å². The largest absolute Gasteiger partial charge is 0.300 e. The smallest absolute Gasteiger partial charge is 0.262 e. The van der Waals surface area contributed by atoms with E-state index in [9.17, 15) is 14.4 Å². The van der Waals surface area contributed by atoms with Gasteiger partial charge in [0.2, 0.25) is 5.91 Å². The number of carbonyl (C=O) groups excluding carboxylic acids is 3. The summed E-state index contributed by atoms with van der Waals surface area (Å²) in [5.74, 6) is -0.563. The van der Waals surface area contributed by atoms with E-state index in [4.69, 9.17) is 0 Å². The molecule has 2 aliphatic heterocycles. The summed E-state index contributed by atoms with van der Waals surface area (Å²) in [6.07, 6.45) is 2.41. The number of nitrogens with zero attached hydrogens (tertiary/aromatic N) is 3. The molecule has 4 rings (SSSR count). The Balaban J connectivity index is 1.38. The van der Waals surface area contributed by atoms with Gasteiger partial charge in [-0.1, -0.05) is 22.9 Å². The van der Waals surface area contributed by atoms with Gasteiger partial charge in [-0.3, -0.25) is 24.2 Å². The first-order valence-electron chi connectivity index (χ1n) is 9.96. The van der Waals surface area contributed by atoms with Crippen molar-refractivity contribution in [3.05, 3.63) is 44.4 Å². The van der Waals surface area contributed by atoms with Gasteiger partial charge < -0.3 is 5.32 Å². The van der Waals surface area contributed by atoms with Crippen LogP contribution >= 0.6 is 27.3 Å². The van der Waals surface area contributed by atoms with Gasteiger partial charge in [-0.05, 0) is 57.0 Å². The lowest BCUT2D eigenvalue weighted by Crippen LogP contribution is -2.37. The maximum atomic E-state index is 12.5. The Morgan fingerprint density at radius 3 is 2.67 bits per heavy atom. The molecule has 1 aromatic carbocycles. The Bertz CT molecular complexity index is 1010. The van der Waals surface area contributed by atoms with Crippen molar-refractivity contribution in [3.63, 3.8) is 0 Å². The summed E-state index contributed by atoms with van der Waals surface area (Å²) in [6, 6.07) is 4.90. The Morgan fingerprint density at radius 1 is 1.23 bits per heavy atom. The zero-order valence-electron chi connectivity index (χ0n) is 16.9. The molecule has 1 fully saturated rings. The van der Waals surface area contributed by atoms with Crippen molar-refractivity contribution in [1.82, 2.24) is 14.8 Å². The fourth-order valence-corrected chi connectivity index (χ4v) is 5.14. The zero-order valence-corrected chi connectivity index (χ0v) is 19.3. The number of hydrogen-bond acceptors (Lipinski definition) is 6. The van der Waals surface area contributed by atoms with Gasteiger partial charge in [-0.15, -0.1) is 11.3 Å². The molecule has 1 saturated heterocycles. The third-order valence-corrected chi connectivity index (χ3v) is 7.17. The summed E-state index contributed by atoms with van der Waals surface area (Å²) in [4.78, 5) is 46.5. The highest BCUT2D eigenvalue weighted by Gasteiger charge is 2.36. The molecule has 158 valence electrons. The van der Waals surface area contributed by atoms with Crippen LogP contribution in [0.3, 0.4) is 0 Å². The lowest BCUT2D eigenvalue weighted by molar-refractivity contribution is -0.116. The van der Waals surface area contributed by atoms with Gasteiger partial charge in [0.25, 0.3) is 11.8 Å². The van der Waals surface area contributed by atoms with Crippen LogP contribution in [0.15, 0.2) is 22.7 Å². The molecule has 1 N–H and O–H groups in total. The molecule has 3 heterocycles. The number of piperidine rings is 1. The summed E-state index contributed by atoms with van der Waals surface area (Å²) in [5.41, 5.74) is 1.53. The maximum Gasteiger partial charge on any atom is 0.262 e. The fraction of sp³-hybridized carbons (Fsp3) is 0.429. The normalized spacial score (nSPS) is 17.5. The second kappa shape index (κ2) is 8.56. The molecule has 9 heteroatoms. The van der Waals surface area contributed by atoms with E-state index >= 15 is 0 Å². The second-order valence-corrected chi connectivity index (χ2v) is 9.92. The first-order valence-corrected chi connectivity index (χ1v) is 11.6. The van der Waals surface area contributed by atoms with E-state index in [-0.39, 0.29) is 6.54 Å². The zero-order chi connectivity index (χ0) is 21.4. The van der Waals surface area contributed by atoms with Gasteiger partial charge >= 0.3 is 0 Å². The van der Waals surface area contributed by atoms with Crippen LogP contribution in [0.25, 0.3) is 0 Å². The van der Waals surface area contributed by atoms with Gasteiger partial charge in [0, 0.05) is 15.9 Å². The molecule has 0 atom stereocenters. The molecule has 0 bridgehead atoms. The quantitative estimate of drug-likeness (QED) is 0.646. The number of thiazole rings is 1. The first kappa shape index (κ1) is 21.1. The Labute approximate surface area is 187 Å². The highest BCUT2D eigenvalue weighted by atomic mass is 79.9. The number of likely N-dealkylation sites (tertiary alicyclic amines) is 1. The predicted octanol–water partition coefficient (Wildman–Crippen LogP) is 3.68. The lowest BCUT2D eigenvalue weighted by Gasteiger charge is -2.29. The van der Waals surface area contributed by atoms with Gasteiger partial charge in [-0.2, -0.15) is 0 Å². The van der Waals surface area contributed by atoms with Crippen molar-refractivity contribution in [2.24, 2.45) is 5.92 Å². The van der Waals surface area contributed by atoms with Crippen LogP contribution in [0.5, 0.6) is 0 Å². The van der Waals surface area contributed by atoms with E-state index in [1.54, 1.807) is 18.2 Å². The minimum absolute atomic E-state index is 0.311. The van der Waals surface area contributed by atoms with E-state index < -0.39 is 17.7 Å². The van der Waals surface area contributed by atoms with Gasteiger partial charge in [0.1, 0.15) is 6.54 Å². The Morgan fingerprint density at radius 2 is 1.93 bits per heavy atom. The summed E-state index contributed by atoms with van der Waals surface area (Å²) in [6.45, 7) is 6.89. The summed E-state index contributed by atoms with van der Waals surface area (Å²) in [5, 5.41) is 3.25. The molecule has 0 saturated carbocycles. The molecule has 30 heavy (non-hydrogen) atoms. The van der Waals surface area contributed by atoms with Crippen molar-refractivity contribution in [1.29, 1.82) is 0 Å². The Kier molecular flexibility index (Phi) is 6.04. The van der Waals surface area contributed by atoms with Gasteiger partial charge in [0.05, 0.1) is 16.8 Å². The highest BCUT2D eigenvalue weighted by molar-refractivity contribution is 9.10. The number of hydrogen-bond donors (Lipinski definition) is 1. The average Bonchev–Trinajstić information content (AvgIpc) is 3.15. The number of imide groups is 1. The number of nitrogens with one attached hydrogen (secondary N) is 1. The standard InChI is InChI=1S/C21H23BrN4O3S/c1-12-5-7-25(8-6-12)10-17-13(2)23-21(30-17)24-18(27)11-26-19(28)15-4-3-14(22)9-16(15)20(26)29/h3-4,9,12H,5-8,10-11H2,1-2H3,(H,23,24,27). The maximum absolute atomic E-state index is 12.5. The first-order chi connectivity index (χ1) is 14.3. The number of anilines is 1. The number of aromatic nitrogens is 1. The van der Waals surface area contributed by atoms with E-state index in [1.807, 2.05) is 6.92 Å². The number of carbonyl (C=O) groups is 3. The monoisotopic (exact) mass is 490 g/mol. The van der Waals surface area contributed by atoms with Crippen LogP contribution < -0.4 is 5.32 Å². The number of benzene rings is 1. The molecular weight excluding hydrogens is 468 g/mol. The van der Waals surface area contributed by atoms with E-state index in [1.165, 1.54) is 24.2 Å². The lowest BCUT2D eigenvalue weighted by atomic mass is 9.99. The molecule has 0 unspecified atom stereocenters. The fourth-order valence-electron chi connectivity index (χ4n) is 3.76. The van der Waals surface area contributed by atoms with Crippen LogP contribution in [-0.4, -0.2) is 52.1 Å². The Hall–Kier alpha value is -2.10. The molecule has 2 aliphatic rings. The van der Waals surface area contributed by atoms with Crippen LogP contribution in [0, 0.1) is 12.8 Å².